The van der Waals surface area contributed by atoms with E-state index in [9.17, 15) is 14.7 Å². The van der Waals surface area contributed by atoms with Crippen LogP contribution < -0.4 is 28.7 Å². The first kappa shape index (κ1) is 22.3. The Bertz CT molecular complexity index is 916. The topological polar surface area (TPSA) is 78.9 Å². The normalized spacial score (nSPS) is 17.1. The maximum Gasteiger partial charge on any atom is 1.00 e. The molecular weight excluding hydrogens is 377 g/mol. The van der Waals surface area contributed by atoms with Crippen LogP contribution in [0.2, 0.25) is 0 Å². The number of aryl methyl sites for hydroxylation is 2. The second-order valence-corrected chi connectivity index (χ2v) is 7.56. The molecule has 1 amide bonds. The van der Waals surface area contributed by atoms with Crippen LogP contribution >= 0.6 is 0 Å². The van der Waals surface area contributed by atoms with E-state index in [1.807, 2.05) is 30.3 Å². The summed E-state index contributed by atoms with van der Waals surface area (Å²) in [5.41, 5.74) is 4.64. The summed E-state index contributed by atoms with van der Waals surface area (Å²) in [5, 5.41) is 11.0. The Morgan fingerprint density at radius 1 is 1.10 bits per heavy atom. The molecule has 0 N–H and O–H groups in total. The van der Waals surface area contributed by atoms with Gasteiger partial charge in [-0.15, -0.1) is 0 Å². The number of carboxylic acids is 1. The molecule has 152 valence electrons. The number of ether oxygens (including phenoxy) is 2. The molecule has 6 nitrogen and oxygen atoms in total. The van der Waals surface area contributed by atoms with Crippen molar-refractivity contribution in [2.45, 2.75) is 44.8 Å². The van der Waals surface area contributed by atoms with E-state index in [4.69, 9.17) is 9.47 Å². The monoisotopic (exact) mass is 401 g/mol. The van der Waals surface area contributed by atoms with E-state index in [-0.39, 0.29) is 25.0 Å². The van der Waals surface area contributed by atoms with Gasteiger partial charge in [0.15, 0.2) is 0 Å². The number of amides is 1. The van der Waals surface area contributed by atoms with Gasteiger partial charge in [0.2, 0.25) is 0 Å². The maximum absolute atomic E-state index is 12.3. The van der Waals surface area contributed by atoms with E-state index in [2.05, 4.69) is 12.1 Å². The molecule has 2 aromatic carbocycles. The standard InChI is InChI=1S/C23H25NO5.Li/c25-22(26)21-10-8-18-14-16(7-9-20(18)29-21)4-3-13-28-23(27)24-12-11-17-5-1-2-6-19(17)15-24;/h1-2,5-7,9,14,21H,3-4,8,10-13,15H2,(H,25,26);/q;+1/p-1. The van der Waals surface area contributed by atoms with E-state index in [1.54, 1.807) is 4.90 Å². The predicted octanol–water partition coefficient (Wildman–Crippen LogP) is -0.738. The van der Waals surface area contributed by atoms with Crippen LogP contribution in [0.25, 0.3) is 0 Å². The largest absolute Gasteiger partial charge is 1.00 e. The van der Waals surface area contributed by atoms with E-state index in [0.29, 0.717) is 38.3 Å². The molecule has 0 aliphatic carbocycles. The van der Waals surface area contributed by atoms with Crippen LogP contribution in [0, 0.1) is 0 Å². The van der Waals surface area contributed by atoms with Gasteiger partial charge in [-0.1, -0.05) is 36.4 Å². The Hall–Kier alpha value is -2.42. The number of rotatable bonds is 5. The number of nitrogens with zero attached hydrogens (tertiary/aromatic N) is 1. The zero-order chi connectivity index (χ0) is 20.2. The molecule has 0 radical (unpaired) electrons. The summed E-state index contributed by atoms with van der Waals surface area (Å²) in [4.78, 5) is 25.0. The SMILES string of the molecule is O=C([O-])C1CCc2cc(CCCOC(=O)N3CCc4ccccc4C3)ccc2O1.[Li+]. The smallest absolute Gasteiger partial charge is 0.546 e. The Morgan fingerprint density at radius 2 is 1.90 bits per heavy atom. The van der Waals surface area contributed by atoms with Gasteiger partial charge in [0.25, 0.3) is 0 Å². The molecule has 7 heteroatoms. The summed E-state index contributed by atoms with van der Waals surface area (Å²) in [5.74, 6) is -0.551. The number of fused-ring (bicyclic) bond motifs is 2. The van der Waals surface area contributed by atoms with Crippen LogP contribution in [0.5, 0.6) is 5.75 Å². The molecule has 0 aromatic heterocycles. The fraction of sp³-hybridized carbons (Fsp3) is 0.391. The number of hydrogen-bond acceptors (Lipinski definition) is 5. The number of aliphatic carboxylic acids is 1. The fourth-order valence-electron chi connectivity index (χ4n) is 3.94. The summed E-state index contributed by atoms with van der Waals surface area (Å²) in [7, 11) is 0. The molecular formula is C23H24LiNO5. The Morgan fingerprint density at radius 3 is 2.70 bits per heavy atom. The average molecular weight is 401 g/mol. The van der Waals surface area contributed by atoms with Crippen LogP contribution in [-0.4, -0.2) is 36.2 Å². The molecule has 2 aromatic rings. The Labute approximate surface area is 188 Å². The number of benzene rings is 2. The summed E-state index contributed by atoms with van der Waals surface area (Å²) in [6, 6.07) is 14.0. The van der Waals surface area contributed by atoms with Gasteiger partial charge < -0.3 is 24.3 Å². The van der Waals surface area contributed by atoms with Crippen molar-refractivity contribution in [3.63, 3.8) is 0 Å². The molecule has 1 atom stereocenters. The summed E-state index contributed by atoms with van der Waals surface area (Å²) >= 11 is 0. The van der Waals surface area contributed by atoms with E-state index >= 15 is 0 Å². The number of carboxylic acid groups (broad SMARTS) is 1. The second kappa shape index (κ2) is 10.1. The zero-order valence-corrected chi connectivity index (χ0v) is 17.3. The van der Waals surface area contributed by atoms with Crippen LogP contribution in [0.4, 0.5) is 4.79 Å². The van der Waals surface area contributed by atoms with Crippen molar-refractivity contribution in [3.8, 4) is 5.75 Å². The first-order valence-corrected chi connectivity index (χ1v) is 10.1. The quantitative estimate of drug-likeness (QED) is 0.487. The van der Waals surface area contributed by atoms with Gasteiger partial charge in [-0.05, 0) is 60.4 Å². The van der Waals surface area contributed by atoms with Gasteiger partial charge in [0, 0.05) is 13.1 Å². The van der Waals surface area contributed by atoms with Gasteiger partial charge in [-0.25, -0.2) is 4.79 Å². The Balaban J connectivity index is 0.00000256. The Kier molecular flexibility index (Phi) is 7.47. The van der Waals surface area contributed by atoms with Gasteiger partial charge >= 0.3 is 25.0 Å². The first-order chi connectivity index (χ1) is 14.1. The van der Waals surface area contributed by atoms with Crippen molar-refractivity contribution in [3.05, 3.63) is 64.7 Å². The second-order valence-electron chi connectivity index (χ2n) is 7.56. The minimum atomic E-state index is -1.17. The van der Waals surface area contributed by atoms with E-state index in [0.717, 1.165) is 30.4 Å². The van der Waals surface area contributed by atoms with Gasteiger partial charge in [0.1, 0.15) is 11.9 Å². The molecule has 0 saturated heterocycles. The average Bonchev–Trinajstić information content (AvgIpc) is 2.75. The third kappa shape index (κ3) is 5.19. The van der Waals surface area contributed by atoms with Gasteiger partial charge in [0.05, 0.1) is 12.6 Å². The first-order valence-electron chi connectivity index (χ1n) is 10.1. The van der Waals surface area contributed by atoms with E-state index in [1.165, 1.54) is 11.1 Å². The van der Waals surface area contributed by atoms with Crippen LogP contribution in [-0.2, 0) is 35.3 Å². The molecule has 1 unspecified atom stereocenters. The summed E-state index contributed by atoms with van der Waals surface area (Å²) < 4.78 is 10.9. The summed E-state index contributed by atoms with van der Waals surface area (Å²) in [6.07, 6.45) is 2.34. The summed E-state index contributed by atoms with van der Waals surface area (Å²) in [6.45, 7) is 1.66. The van der Waals surface area contributed by atoms with Crippen LogP contribution in [0.1, 0.15) is 35.1 Å². The molecule has 30 heavy (non-hydrogen) atoms. The zero-order valence-electron chi connectivity index (χ0n) is 17.3. The van der Waals surface area contributed by atoms with Crippen molar-refractivity contribution in [1.82, 2.24) is 4.90 Å². The minimum absolute atomic E-state index is 0. The van der Waals surface area contributed by atoms with Crippen molar-refractivity contribution >= 4 is 12.1 Å². The number of carbonyl (C=O) groups is 2. The molecule has 2 aliphatic rings. The van der Waals surface area contributed by atoms with Gasteiger partial charge in [-0.2, -0.15) is 0 Å². The van der Waals surface area contributed by atoms with Crippen molar-refractivity contribution in [1.29, 1.82) is 0 Å². The molecule has 0 bridgehead atoms. The molecule has 0 spiro atoms. The van der Waals surface area contributed by atoms with Crippen molar-refractivity contribution in [2.24, 2.45) is 0 Å². The van der Waals surface area contributed by atoms with Crippen molar-refractivity contribution in [2.75, 3.05) is 13.2 Å². The molecule has 2 heterocycles. The molecule has 0 saturated carbocycles. The van der Waals surface area contributed by atoms with E-state index < -0.39 is 12.1 Å². The third-order valence-corrected chi connectivity index (χ3v) is 5.56. The maximum atomic E-state index is 12.3. The predicted molar refractivity (Wildman–Crippen MR) is 104 cm³/mol. The van der Waals surface area contributed by atoms with Crippen molar-refractivity contribution < 1.29 is 43.0 Å². The van der Waals surface area contributed by atoms with Gasteiger partial charge in [-0.3, -0.25) is 0 Å². The molecule has 4 rings (SSSR count). The van der Waals surface area contributed by atoms with Crippen LogP contribution in [0.3, 0.4) is 0 Å². The fourth-order valence-corrected chi connectivity index (χ4v) is 3.94. The number of hydrogen-bond donors (Lipinski definition) is 0. The van der Waals surface area contributed by atoms with Crippen LogP contribution in [0.15, 0.2) is 42.5 Å². The minimum Gasteiger partial charge on any atom is -0.546 e. The number of carbonyl (C=O) groups excluding carboxylic acids is 2. The molecule has 0 fully saturated rings. The third-order valence-electron chi connectivity index (χ3n) is 5.56. The molecule has 2 aliphatic heterocycles.